The molecular weight excluding hydrogens is 262 g/mol. The van der Waals surface area contributed by atoms with Crippen molar-refractivity contribution in [2.75, 3.05) is 13.7 Å². The van der Waals surface area contributed by atoms with E-state index in [1.807, 2.05) is 12.1 Å². The maximum absolute atomic E-state index is 9.07. The van der Waals surface area contributed by atoms with Crippen LogP contribution in [0, 0.1) is 17.2 Å². The average molecular weight is 287 g/mol. The highest BCUT2D eigenvalue weighted by Crippen LogP contribution is 2.30. The highest BCUT2D eigenvalue weighted by molar-refractivity contribution is 5.79. The number of nitriles is 1. The number of methoxy groups -OCH3 is 1. The number of unbranched alkanes of at least 4 members (excludes halogenated alkanes) is 1. The molecule has 0 aromatic heterocycles. The van der Waals surface area contributed by atoms with Gasteiger partial charge in [0.2, 0.25) is 0 Å². The van der Waals surface area contributed by atoms with Crippen LogP contribution in [0.3, 0.4) is 0 Å². The highest BCUT2D eigenvalue weighted by Gasteiger charge is 2.12. The number of allylic oxidation sites excluding steroid dienone is 1. The third-order valence-electron chi connectivity index (χ3n) is 3.66. The fourth-order valence-electron chi connectivity index (χ4n) is 2.16. The van der Waals surface area contributed by atoms with E-state index in [2.05, 4.69) is 26.5 Å². The summed E-state index contributed by atoms with van der Waals surface area (Å²) in [5.74, 6) is 1.96. The predicted octanol–water partition coefficient (Wildman–Crippen LogP) is 4.83. The van der Waals surface area contributed by atoms with Crippen molar-refractivity contribution in [3.05, 3.63) is 30.3 Å². The van der Waals surface area contributed by atoms with Crippen LogP contribution in [0.25, 0.3) is 5.57 Å². The second kappa shape index (κ2) is 9.07. The minimum absolute atomic E-state index is 0.394. The summed E-state index contributed by atoms with van der Waals surface area (Å²) in [6.45, 7) is 8.84. The van der Waals surface area contributed by atoms with Gasteiger partial charge < -0.3 is 9.47 Å². The van der Waals surface area contributed by atoms with Crippen LogP contribution >= 0.6 is 0 Å². The number of rotatable bonds is 9. The molecule has 1 aromatic carbocycles. The van der Waals surface area contributed by atoms with Crippen molar-refractivity contribution in [1.29, 1.82) is 5.26 Å². The number of ether oxygens (including phenoxy) is 2. The minimum atomic E-state index is 0.394. The molecule has 0 N–H and O–H groups in total. The molecule has 0 aliphatic rings. The van der Waals surface area contributed by atoms with Crippen molar-refractivity contribution in [3.63, 3.8) is 0 Å². The first-order valence-electron chi connectivity index (χ1n) is 7.56. The summed E-state index contributed by atoms with van der Waals surface area (Å²) in [6.07, 6.45) is 4.71. The molecule has 3 heteroatoms. The average Bonchev–Trinajstić information content (AvgIpc) is 2.54. The fraction of sp³-hybridized carbons (Fsp3) is 0.500. The van der Waals surface area contributed by atoms with E-state index in [-0.39, 0.29) is 0 Å². The Morgan fingerprint density at radius 1 is 1.38 bits per heavy atom. The molecule has 0 heterocycles. The van der Waals surface area contributed by atoms with Gasteiger partial charge in [0, 0.05) is 5.56 Å². The Bertz CT molecular complexity index is 502. The van der Waals surface area contributed by atoms with E-state index in [0.717, 1.165) is 6.42 Å². The molecule has 1 rings (SSSR count). The lowest BCUT2D eigenvalue weighted by molar-refractivity contribution is 0.232. The van der Waals surface area contributed by atoms with Crippen molar-refractivity contribution < 1.29 is 9.47 Å². The van der Waals surface area contributed by atoms with Crippen LogP contribution in [0.15, 0.2) is 24.8 Å². The van der Waals surface area contributed by atoms with Gasteiger partial charge in [-0.2, -0.15) is 5.26 Å². The van der Waals surface area contributed by atoms with Gasteiger partial charge in [-0.25, -0.2) is 0 Å². The summed E-state index contributed by atoms with van der Waals surface area (Å²) in [5.41, 5.74) is 1.10. The van der Waals surface area contributed by atoms with E-state index < -0.39 is 0 Å². The zero-order chi connectivity index (χ0) is 15.7. The molecule has 0 bridgehead atoms. The van der Waals surface area contributed by atoms with Crippen molar-refractivity contribution in [2.24, 2.45) is 5.92 Å². The largest absolute Gasteiger partial charge is 0.497 e. The molecule has 0 saturated heterocycles. The van der Waals surface area contributed by atoms with Crippen molar-refractivity contribution in [2.45, 2.75) is 39.5 Å². The SMILES string of the molecule is C=C(C#N)c1cc(OC)ccc1OCC(CC)CCCC. The summed E-state index contributed by atoms with van der Waals surface area (Å²) in [4.78, 5) is 0. The molecule has 3 nitrogen and oxygen atoms in total. The quantitative estimate of drug-likeness (QED) is 0.611. The Labute approximate surface area is 128 Å². The molecule has 0 aliphatic heterocycles. The molecule has 1 aromatic rings. The molecule has 0 saturated carbocycles. The van der Waals surface area contributed by atoms with Gasteiger partial charge in [0.25, 0.3) is 0 Å². The third-order valence-corrected chi connectivity index (χ3v) is 3.66. The number of hydrogen-bond acceptors (Lipinski definition) is 3. The molecule has 0 fully saturated rings. The van der Waals surface area contributed by atoms with E-state index in [9.17, 15) is 0 Å². The summed E-state index contributed by atoms with van der Waals surface area (Å²) >= 11 is 0. The molecule has 0 aliphatic carbocycles. The molecule has 1 atom stereocenters. The predicted molar refractivity (Wildman–Crippen MR) is 86.4 cm³/mol. The van der Waals surface area contributed by atoms with Gasteiger partial charge in [0.05, 0.1) is 25.4 Å². The van der Waals surface area contributed by atoms with Crippen molar-refractivity contribution in [3.8, 4) is 17.6 Å². The Morgan fingerprint density at radius 2 is 2.14 bits per heavy atom. The van der Waals surface area contributed by atoms with Crippen LogP contribution in [-0.4, -0.2) is 13.7 Å². The van der Waals surface area contributed by atoms with E-state index in [4.69, 9.17) is 14.7 Å². The highest BCUT2D eigenvalue weighted by atomic mass is 16.5. The maximum Gasteiger partial charge on any atom is 0.128 e. The van der Waals surface area contributed by atoms with E-state index in [0.29, 0.717) is 35.2 Å². The lowest BCUT2D eigenvalue weighted by Crippen LogP contribution is -2.12. The second-order valence-electron chi connectivity index (χ2n) is 5.18. The monoisotopic (exact) mass is 287 g/mol. The normalized spacial score (nSPS) is 11.5. The molecule has 0 amide bonds. The van der Waals surface area contributed by atoms with Crippen LogP contribution in [0.5, 0.6) is 11.5 Å². The van der Waals surface area contributed by atoms with Crippen molar-refractivity contribution >= 4 is 5.57 Å². The lowest BCUT2D eigenvalue weighted by atomic mass is 10.0. The topological polar surface area (TPSA) is 42.2 Å². The van der Waals surface area contributed by atoms with Crippen molar-refractivity contribution in [1.82, 2.24) is 0 Å². The van der Waals surface area contributed by atoms with E-state index in [1.165, 1.54) is 19.3 Å². The Balaban J connectivity index is 2.82. The van der Waals surface area contributed by atoms with Gasteiger partial charge in [-0.1, -0.05) is 39.7 Å². The molecular formula is C18H25NO2. The van der Waals surface area contributed by atoms with Gasteiger partial charge in [-0.3, -0.25) is 0 Å². The maximum atomic E-state index is 9.07. The summed E-state index contributed by atoms with van der Waals surface area (Å²) in [6, 6.07) is 7.57. The van der Waals surface area contributed by atoms with Crippen LogP contribution in [-0.2, 0) is 0 Å². The number of hydrogen-bond donors (Lipinski definition) is 0. The van der Waals surface area contributed by atoms with Gasteiger partial charge >= 0.3 is 0 Å². The molecule has 0 spiro atoms. The second-order valence-corrected chi connectivity index (χ2v) is 5.18. The summed E-state index contributed by atoms with van der Waals surface area (Å²) < 4.78 is 11.1. The zero-order valence-corrected chi connectivity index (χ0v) is 13.3. The third kappa shape index (κ3) is 5.15. The van der Waals surface area contributed by atoms with Gasteiger partial charge in [-0.05, 0) is 30.5 Å². The van der Waals surface area contributed by atoms with Crippen LogP contribution in [0.2, 0.25) is 0 Å². The van der Waals surface area contributed by atoms with Gasteiger partial charge in [0.15, 0.2) is 0 Å². The van der Waals surface area contributed by atoms with E-state index in [1.54, 1.807) is 13.2 Å². The molecule has 21 heavy (non-hydrogen) atoms. The molecule has 114 valence electrons. The summed E-state index contributed by atoms with van der Waals surface area (Å²) in [7, 11) is 1.60. The molecule has 0 radical (unpaired) electrons. The minimum Gasteiger partial charge on any atom is -0.497 e. The van der Waals surface area contributed by atoms with Gasteiger partial charge in [-0.15, -0.1) is 0 Å². The molecule has 1 unspecified atom stereocenters. The lowest BCUT2D eigenvalue weighted by Gasteiger charge is -2.17. The Hall–Kier alpha value is -1.95. The Morgan fingerprint density at radius 3 is 2.71 bits per heavy atom. The van der Waals surface area contributed by atoms with Crippen LogP contribution in [0.4, 0.5) is 0 Å². The smallest absolute Gasteiger partial charge is 0.128 e. The first kappa shape index (κ1) is 17.1. The van der Waals surface area contributed by atoms with Crippen LogP contribution in [0.1, 0.15) is 45.1 Å². The van der Waals surface area contributed by atoms with E-state index >= 15 is 0 Å². The summed E-state index contributed by atoms with van der Waals surface area (Å²) in [5, 5.41) is 9.07. The van der Waals surface area contributed by atoms with Gasteiger partial charge in [0.1, 0.15) is 11.5 Å². The zero-order valence-electron chi connectivity index (χ0n) is 13.3. The standard InChI is InChI=1S/C18H25NO2/c1-5-7-8-15(6-2)13-21-18-10-9-16(20-4)11-17(18)14(3)12-19/h9-11,15H,3,5-8,13H2,1-2,4H3. The van der Waals surface area contributed by atoms with Crippen LogP contribution < -0.4 is 9.47 Å². The number of nitrogens with zero attached hydrogens (tertiary/aromatic N) is 1. The number of benzene rings is 1. The Kier molecular flexibility index (Phi) is 7.39. The fourth-order valence-corrected chi connectivity index (χ4v) is 2.16. The first-order valence-corrected chi connectivity index (χ1v) is 7.56. The first-order chi connectivity index (χ1) is 10.2.